The summed E-state index contributed by atoms with van der Waals surface area (Å²) in [6, 6.07) is 7.50. The highest BCUT2D eigenvalue weighted by Crippen LogP contribution is 2.22. The van der Waals surface area contributed by atoms with Crippen LogP contribution in [0.25, 0.3) is 10.2 Å². The first-order chi connectivity index (χ1) is 12.0. The molecule has 0 spiro atoms. The Morgan fingerprint density at radius 3 is 2.68 bits per heavy atom. The van der Waals surface area contributed by atoms with Gasteiger partial charge in [-0.15, -0.1) is 11.3 Å². The van der Waals surface area contributed by atoms with E-state index in [1.54, 1.807) is 23.6 Å². The number of hydrogen-bond acceptors (Lipinski definition) is 4. The van der Waals surface area contributed by atoms with Crippen molar-refractivity contribution < 1.29 is 9.18 Å². The molecule has 0 aliphatic rings. The van der Waals surface area contributed by atoms with Crippen molar-refractivity contribution in [1.29, 1.82) is 0 Å². The Kier molecular flexibility index (Phi) is 4.94. The Morgan fingerprint density at radius 1 is 1.28 bits per heavy atom. The van der Waals surface area contributed by atoms with Crippen molar-refractivity contribution in [3.63, 3.8) is 0 Å². The average Bonchev–Trinajstić information content (AvgIpc) is 3.05. The molecule has 3 rings (SSSR count). The monoisotopic (exact) mass is 359 g/mol. The lowest BCUT2D eigenvalue weighted by atomic mass is 9.96. The first-order valence-electron chi connectivity index (χ1n) is 7.93. The van der Waals surface area contributed by atoms with Crippen molar-refractivity contribution in [1.82, 2.24) is 14.9 Å². The van der Waals surface area contributed by atoms with Gasteiger partial charge in [-0.25, -0.2) is 9.37 Å². The Labute approximate surface area is 148 Å². The second-order valence-corrected chi connectivity index (χ2v) is 7.05. The quantitative estimate of drug-likeness (QED) is 0.761. The highest BCUT2D eigenvalue weighted by atomic mass is 32.1. The number of hydrogen-bond donors (Lipinski definition) is 1. The number of rotatable bonds is 5. The largest absolute Gasteiger partial charge is 0.347 e. The van der Waals surface area contributed by atoms with Gasteiger partial charge in [0, 0.05) is 0 Å². The molecule has 1 amide bonds. The lowest BCUT2D eigenvalue weighted by Crippen LogP contribution is -2.36. The third kappa shape index (κ3) is 3.76. The van der Waals surface area contributed by atoms with Crippen molar-refractivity contribution in [2.24, 2.45) is 5.92 Å². The van der Waals surface area contributed by atoms with E-state index in [4.69, 9.17) is 0 Å². The van der Waals surface area contributed by atoms with Gasteiger partial charge in [0.05, 0.1) is 17.8 Å². The average molecular weight is 359 g/mol. The molecule has 1 atom stereocenters. The summed E-state index contributed by atoms with van der Waals surface area (Å²) in [6.07, 6.45) is 1.39. The number of thiophene rings is 1. The van der Waals surface area contributed by atoms with Crippen LogP contribution in [-0.4, -0.2) is 15.5 Å². The smallest absolute Gasteiger partial charge is 0.262 e. The highest BCUT2D eigenvalue weighted by Gasteiger charge is 2.19. The molecule has 0 saturated heterocycles. The Bertz CT molecular complexity index is 947. The van der Waals surface area contributed by atoms with Crippen LogP contribution < -0.4 is 10.9 Å². The molecule has 0 aliphatic heterocycles. The van der Waals surface area contributed by atoms with Gasteiger partial charge in [-0.1, -0.05) is 26.0 Å². The predicted octanol–water partition coefficient (Wildman–Crippen LogP) is 3.11. The number of fused-ring (bicyclic) bond motifs is 1. The summed E-state index contributed by atoms with van der Waals surface area (Å²) < 4.78 is 14.4. The lowest BCUT2D eigenvalue weighted by Gasteiger charge is -2.23. The molecule has 0 radical (unpaired) electrons. The fourth-order valence-corrected chi connectivity index (χ4v) is 3.41. The molecule has 3 aromatic rings. The third-order valence-corrected chi connectivity index (χ3v) is 4.80. The minimum absolute atomic E-state index is 0.109. The van der Waals surface area contributed by atoms with E-state index in [-0.39, 0.29) is 35.8 Å². The van der Waals surface area contributed by atoms with Gasteiger partial charge in [0.1, 0.15) is 17.2 Å². The number of carbonyl (C=O) groups excluding carboxylic acids is 1. The minimum Gasteiger partial charge on any atom is -0.347 e. The number of benzene rings is 1. The van der Waals surface area contributed by atoms with Crippen LogP contribution in [0.4, 0.5) is 4.39 Å². The van der Waals surface area contributed by atoms with Crippen LogP contribution in [0.5, 0.6) is 0 Å². The molecule has 2 heterocycles. The fourth-order valence-electron chi connectivity index (χ4n) is 2.68. The summed E-state index contributed by atoms with van der Waals surface area (Å²) in [5.74, 6) is -0.496. The van der Waals surface area contributed by atoms with Crippen molar-refractivity contribution in [3.05, 3.63) is 63.8 Å². The second-order valence-electron chi connectivity index (χ2n) is 6.16. The highest BCUT2D eigenvalue weighted by molar-refractivity contribution is 7.16. The van der Waals surface area contributed by atoms with Crippen LogP contribution in [0.3, 0.4) is 0 Å². The van der Waals surface area contributed by atoms with Crippen LogP contribution >= 0.6 is 11.3 Å². The molecule has 0 bridgehead atoms. The van der Waals surface area contributed by atoms with Crippen LogP contribution in [0.2, 0.25) is 0 Å². The van der Waals surface area contributed by atoms with E-state index in [0.717, 1.165) is 5.56 Å². The number of nitrogens with zero attached hydrogens (tertiary/aromatic N) is 2. The molecule has 1 aromatic carbocycles. The number of amides is 1. The summed E-state index contributed by atoms with van der Waals surface area (Å²) in [7, 11) is 0. The van der Waals surface area contributed by atoms with Gasteiger partial charge in [0.25, 0.3) is 5.56 Å². The lowest BCUT2D eigenvalue weighted by molar-refractivity contribution is -0.122. The van der Waals surface area contributed by atoms with Crippen LogP contribution in [-0.2, 0) is 11.3 Å². The van der Waals surface area contributed by atoms with E-state index in [2.05, 4.69) is 10.3 Å². The van der Waals surface area contributed by atoms with Gasteiger partial charge in [0.15, 0.2) is 0 Å². The summed E-state index contributed by atoms with van der Waals surface area (Å²) in [4.78, 5) is 29.6. The topological polar surface area (TPSA) is 64.0 Å². The Balaban J connectivity index is 1.78. The molecule has 0 fully saturated rings. The van der Waals surface area contributed by atoms with E-state index >= 15 is 0 Å². The van der Waals surface area contributed by atoms with E-state index in [9.17, 15) is 14.0 Å². The minimum atomic E-state index is -0.320. The fraction of sp³-hybridized carbons (Fsp3) is 0.278. The van der Waals surface area contributed by atoms with Gasteiger partial charge in [0.2, 0.25) is 5.91 Å². The number of nitrogens with one attached hydrogen (secondary N) is 1. The van der Waals surface area contributed by atoms with Crippen molar-refractivity contribution in [2.45, 2.75) is 26.4 Å². The molecule has 0 aliphatic carbocycles. The zero-order valence-corrected chi connectivity index (χ0v) is 14.7. The Hall–Kier alpha value is -2.54. The summed E-state index contributed by atoms with van der Waals surface area (Å²) in [6.45, 7) is 3.83. The van der Waals surface area contributed by atoms with Crippen molar-refractivity contribution in [2.75, 3.05) is 0 Å². The molecular formula is C18H18FN3O2S. The second kappa shape index (κ2) is 7.14. The molecule has 7 heteroatoms. The standard InChI is InChI=1S/C18H18FN3O2S/c1-11(2)16(12-3-5-13(19)6-4-12)21-15(23)9-22-10-20-17-14(18(22)24)7-8-25-17/h3-8,10-11,16H,9H2,1-2H3,(H,21,23)/t16-/m0/s1. The molecule has 0 unspecified atom stereocenters. The van der Waals surface area contributed by atoms with E-state index < -0.39 is 0 Å². The maximum Gasteiger partial charge on any atom is 0.262 e. The third-order valence-electron chi connectivity index (χ3n) is 3.98. The zero-order chi connectivity index (χ0) is 18.0. The van der Waals surface area contributed by atoms with Gasteiger partial charge in [-0.3, -0.25) is 14.2 Å². The van der Waals surface area contributed by atoms with E-state index in [1.165, 1.54) is 34.4 Å². The van der Waals surface area contributed by atoms with Crippen molar-refractivity contribution in [3.8, 4) is 0 Å². The molecule has 130 valence electrons. The molecule has 2 aromatic heterocycles. The normalized spacial score (nSPS) is 12.5. The van der Waals surface area contributed by atoms with Crippen LogP contribution in [0.1, 0.15) is 25.5 Å². The van der Waals surface area contributed by atoms with E-state index in [1.807, 2.05) is 13.8 Å². The molecule has 5 nitrogen and oxygen atoms in total. The van der Waals surface area contributed by atoms with Gasteiger partial charge in [-0.2, -0.15) is 0 Å². The zero-order valence-electron chi connectivity index (χ0n) is 13.9. The maximum absolute atomic E-state index is 13.1. The predicted molar refractivity (Wildman–Crippen MR) is 96.0 cm³/mol. The SMILES string of the molecule is CC(C)[C@H](NC(=O)Cn1cnc2sccc2c1=O)c1ccc(F)cc1. The number of aromatic nitrogens is 2. The summed E-state index contributed by atoms with van der Waals surface area (Å²) in [5.41, 5.74) is 0.591. The van der Waals surface area contributed by atoms with Gasteiger partial charge >= 0.3 is 0 Å². The van der Waals surface area contributed by atoms with Gasteiger partial charge < -0.3 is 5.32 Å². The number of carbonyl (C=O) groups is 1. The first kappa shape index (κ1) is 17.3. The maximum atomic E-state index is 13.1. The summed E-state index contributed by atoms with van der Waals surface area (Å²) >= 11 is 1.39. The van der Waals surface area contributed by atoms with Crippen molar-refractivity contribution >= 4 is 27.5 Å². The van der Waals surface area contributed by atoms with Gasteiger partial charge in [-0.05, 0) is 35.1 Å². The number of halogens is 1. The molecular weight excluding hydrogens is 341 g/mol. The summed E-state index contributed by atoms with van der Waals surface area (Å²) in [5, 5.41) is 5.24. The molecule has 25 heavy (non-hydrogen) atoms. The Morgan fingerprint density at radius 2 is 2.00 bits per heavy atom. The first-order valence-corrected chi connectivity index (χ1v) is 8.81. The molecule has 1 N–H and O–H groups in total. The molecule has 0 saturated carbocycles. The van der Waals surface area contributed by atoms with Crippen LogP contribution in [0.15, 0.2) is 46.8 Å². The van der Waals surface area contributed by atoms with Crippen LogP contribution in [0, 0.1) is 11.7 Å². The van der Waals surface area contributed by atoms with E-state index in [0.29, 0.717) is 10.2 Å².